The highest BCUT2D eigenvalue weighted by atomic mass is 16.6. The van der Waals surface area contributed by atoms with Crippen LogP contribution in [0.15, 0.2) is 54.6 Å². The van der Waals surface area contributed by atoms with Crippen LogP contribution in [0, 0.1) is 10.1 Å². The molecule has 1 amide bonds. The number of carbonyl (C=O) groups excluding carboxylic acids is 2. The number of esters is 1. The number of methoxy groups -OCH3 is 2. The molecule has 0 spiro atoms. The number of benzene rings is 3. The van der Waals surface area contributed by atoms with Crippen molar-refractivity contribution in [2.24, 2.45) is 0 Å². The third-order valence-electron chi connectivity index (χ3n) is 5.42. The molecule has 33 heavy (non-hydrogen) atoms. The number of nitrogens with zero attached hydrogens (tertiary/aromatic N) is 1. The first kappa shape index (κ1) is 21.8. The van der Waals surface area contributed by atoms with Gasteiger partial charge in [0.1, 0.15) is 0 Å². The molecule has 4 rings (SSSR count). The Labute approximate surface area is 189 Å². The van der Waals surface area contributed by atoms with Crippen LogP contribution in [0.4, 0.5) is 22.7 Å². The van der Waals surface area contributed by atoms with Crippen LogP contribution in [0.5, 0.6) is 5.75 Å². The molecule has 1 aliphatic rings. The average molecular weight is 447 g/mol. The van der Waals surface area contributed by atoms with Gasteiger partial charge in [0.15, 0.2) is 5.75 Å². The van der Waals surface area contributed by atoms with Gasteiger partial charge >= 0.3 is 11.7 Å². The van der Waals surface area contributed by atoms with Crippen LogP contribution in [-0.4, -0.2) is 31.0 Å². The van der Waals surface area contributed by atoms with Crippen molar-refractivity contribution < 1.29 is 24.0 Å². The highest BCUT2D eigenvalue weighted by molar-refractivity contribution is 6.12. The molecule has 0 saturated carbocycles. The second-order valence-corrected chi connectivity index (χ2v) is 7.44. The van der Waals surface area contributed by atoms with Crippen molar-refractivity contribution in [1.82, 2.24) is 0 Å². The molecule has 9 heteroatoms. The van der Waals surface area contributed by atoms with E-state index in [4.69, 9.17) is 4.74 Å². The molecule has 0 atom stereocenters. The van der Waals surface area contributed by atoms with E-state index in [-0.39, 0.29) is 29.7 Å². The van der Waals surface area contributed by atoms with Crippen molar-refractivity contribution in [3.8, 4) is 16.9 Å². The van der Waals surface area contributed by atoms with Gasteiger partial charge in [0.05, 0.1) is 41.8 Å². The maximum atomic E-state index is 12.8. The van der Waals surface area contributed by atoms with Crippen molar-refractivity contribution >= 4 is 34.6 Å². The van der Waals surface area contributed by atoms with Crippen molar-refractivity contribution in [3.05, 3.63) is 75.8 Å². The summed E-state index contributed by atoms with van der Waals surface area (Å²) in [5.41, 5.74) is 4.63. The number of rotatable bonds is 6. The number of nitro groups is 1. The molecular formula is C24H21N3O6. The largest absolute Gasteiger partial charge is 0.490 e. The fourth-order valence-electron chi connectivity index (χ4n) is 3.68. The first-order chi connectivity index (χ1) is 15.9. The van der Waals surface area contributed by atoms with E-state index in [0.29, 0.717) is 34.6 Å². The third kappa shape index (κ3) is 4.47. The molecule has 1 aliphatic heterocycles. The predicted octanol–water partition coefficient (Wildman–Crippen LogP) is 4.69. The van der Waals surface area contributed by atoms with Gasteiger partial charge in [-0.2, -0.15) is 0 Å². The van der Waals surface area contributed by atoms with Gasteiger partial charge in [-0.05, 0) is 59.5 Å². The smallest absolute Gasteiger partial charge is 0.310 e. The molecule has 168 valence electrons. The molecule has 0 aliphatic carbocycles. The summed E-state index contributed by atoms with van der Waals surface area (Å²) in [4.78, 5) is 34.9. The summed E-state index contributed by atoms with van der Waals surface area (Å²) in [5, 5.41) is 17.4. The Morgan fingerprint density at radius 1 is 0.939 bits per heavy atom. The summed E-state index contributed by atoms with van der Waals surface area (Å²) in [5.74, 6) is -0.410. The van der Waals surface area contributed by atoms with E-state index < -0.39 is 4.92 Å². The van der Waals surface area contributed by atoms with Gasteiger partial charge in [-0.25, -0.2) is 0 Å². The summed E-state index contributed by atoms with van der Waals surface area (Å²) in [6, 6.07) is 15.5. The normalized spacial score (nSPS) is 11.9. The van der Waals surface area contributed by atoms with Crippen LogP contribution in [0.2, 0.25) is 0 Å². The Hall–Kier alpha value is -4.40. The number of nitro benzene ring substituents is 1. The fourth-order valence-corrected chi connectivity index (χ4v) is 3.68. The summed E-state index contributed by atoms with van der Waals surface area (Å²) in [7, 11) is 2.73. The molecule has 3 aromatic carbocycles. The number of fused-ring (bicyclic) bond motifs is 2. The number of carbonyl (C=O) groups is 2. The van der Waals surface area contributed by atoms with Gasteiger partial charge in [-0.3, -0.25) is 19.7 Å². The molecule has 1 heterocycles. The lowest BCUT2D eigenvalue weighted by molar-refractivity contribution is -0.385. The van der Waals surface area contributed by atoms with Crippen LogP contribution in [0.25, 0.3) is 11.1 Å². The SMILES string of the molecule is COC(=O)CCc1ccc2c(c1)NC(=O)c1ccc(-c3ccc([N+](=O)[O-])c(OC)c3)cc1N2. The van der Waals surface area contributed by atoms with Crippen molar-refractivity contribution in [2.75, 3.05) is 24.9 Å². The van der Waals surface area contributed by atoms with E-state index in [2.05, 4.69) is 15.4 Å². The van der Waals surface area contributed by atoms with E-state index in [1.165, 1.54) is 20.3 Å². The Kier molecular flexibility index (Phi) is 5.95. The average Bonchev–Trinajstić information content (AvgIpc) is 2.96. The zero-order valence-corrected chi connectivity index (χ0v) is 18.0. The molecule has 0 radical (unpaired) electrons. The van der Waals surface area contributed by atoms with Crippen LogP contribution in [-0.2, 0) is 16.0 Å². The van der Waals surface area contributed by atoms with E-state index in [9.17, 15) is 19.7 Å². The summed E-state index contributed by atoms with van der Waals surface area (Å²) in [6.07, 6.45) is 0.744. The van der Waals surface area contributed by atoms with Gasteiger partial charge in [0, 0.05) is 12.5 Å². The minimum atomic E-state index is -0.498. The van der Waals surface area contributed by atoms with Gasteiger partial charge in [-0.15, -0.1) is 0 Å². The zero-order valence-electron chi connectivity index (χ0n) is 18.0. The van der Waals surface area contributed by atoms with Crippen molar-refractivity contribution in [1.29, 1.82) is 0 Å². The fraction of sp³-hybridized carbons (Fsp3) is 0.167. The Balaban J connectivity index is 1.66. The predicted molar refractivity (Wildman–Crippen MR) is 123 cm³/mol. The number of anilines is 3. The van der Waals surface area contributed by atoms with Crippen molar-refractivity contribution in [2.45, 2.75) is 12.8 Å². The molecular weight excluding hydrogens is 426 g/mol. The molecule has 0 aromatic heterocycles. The topological polar surface area (TPSA) is 120 Å². The molecule has 0 fully saturated rings. The van der Waals surface area contributed by atoms with E-state index in [1.54, 1.807) is 24.3 Å². The second-order valence-electron chi connectivity index (χ2n) is 7.44. The number of amides is 1. The molecule has 9 nitrogen and oxygen atoms in total. The van der Waals surface area contributed by atoms with E-state index in [1.807, 2.05) is 24.3 Å². The molecule has 0 saturated heterocycles. The first-order valence-electron chi connectivity index (χ1n) is 10.1. The Morgan fingerprint density at radius 2 is 1.70 bits per heavy atom. The second kappa shape index (κ2) is 8.99. The first-order valence-corrected chi connectivity index (χ1v) is 10.1. The Morgan fingerprint density at radius 3 is 2.42 bits per heavy atom. The minimum Gasteiger partial charge on any atom is -0.490 e. The number of ether oxygens (including phenoxy) is 2. The quantitative estimate of drug-likeness (QED) is 0.320. The minimum absolute atomic E-state index is 0.120. The number of aryl methyl sites for hydroxylation is 1. The van der Waals surface area contributed by atoms with E-state index in [0.717, 1.165) is 11.1 Å². The van der Waals surface area contributed by atoms with Crippen LogP contribution in [0.1, 0.15) is 22.3 Å². The molecule has 0 unspecified atom stereocenters. The van der Waals surface area contributed by atoms with Gasteiger partial charge in [0.2, 0.25) is 0 Å². The lowest BCUT2D eigenvalue weighted by Gasteiger charge is -2.12. The molecule has 3 aromatic rings. The summed E-state index contributed by atoms with van der Waals surface area (Å²) < 4.78 is 9.85. The molecule has 2 N–H and O–H groups in total. The van der Waals surface area contributed by atoms with Gasteiger partial charge < -0.3 is 20.1 Å². The standard InChI is InChI=1S/C24H21N3O6/c1-32-22-13-16(6-9-21(22)27(30)31)15-5-7-17-19(12-15)25-18-8-3-14(4-10-23(28)33-2)11-20(18)26-24(17)29/h3,5-9,11-13,25H,4,10H2,1-2H3,(H,26,29). The van der Waals surface area contributed by atoms with Crippen LogP contribution in [0.3, 0.4) is 0 Å². The number of nitrogens with one attached hydrogen (secondary N) is 2. The monoisotopic (exact) mass is 447 g/mol. The zero-order chi connectivity index (χ0) is 23.5. The lowest BCUT2D eigenvalue weighted by atomic mass is 10.0. The van der Waals surface area contributed by atoms with Crippen molar-refractivity contribution in [3.63, 3.8) is 0 Å². The summed E-state index contributed by atoms with van der Waals surface area (Å²) >= 11 is 0. The highest BCUT2D eigenvalue weighted by Gasteiger charge is 2.21. The Bertz CT molecular complexity index is 1270. The highest BCUT2D eigenvalue weighted by Crippen LogP contribution is 2.37. The van der Waals surface area contributed by atoms with Crippen LogP contribution < -0.4 is 15.4 Å². The van der Waals surface area contributed by atoms with Crippen LogP contribution >= 0.6 is 0 Å². The number of hydrogen-bond donors (Lipinski definition) is 2. The maximum Gasteiger partial charge on any atom is 0.310 e. The van der Waals surface area contributed by atoms with Gasteiger partial charge in [0.25, 0.3) is 5.91 Å². The van der Waals surface area contributed by atoms with Gasteiger partial charge in [-0.1, -0.05) is 12.1 Å². The maximum absolute atomic E-state index is 12.8. The lowest BCUT2D eigenvalue weighted by Crippen LogP contribution is -2.11. The van der Waals surface area contributed by atoms with E-state index >= 15 is 0 Å². The third-order valence-corrected chi connectivity index (χ3v) is 5.42. The summed E-state index contributed by atoms with van der Waals surface area (Å²) in [6.45, 7) is 0. The number of hydrogen-bond acceptors (Lipinski definition) is 7. The molecule has 0 bridgehead atoms.